The van der Waals surface area contributed by atoms with Crippen LogP contribution in [0.3, 0.4) is 0 Å². The van der Waals surface area contributed by atoms with Gasteiger partial charge < -0.3 is 14.1 Å². The number of carbonyl (C=O) groups excluding carboxylic acids is 1. The van der Waals surface area contributed by atoms with Gasteiger partial charge in [0.1, 0.15) is 18.7 Å². The summed E-state index contributed by atoms with van der Waals surface area (Å²) in [6.07, 6.45) is 0.633. The first-order chi connectivity index (χ1) is 14.4. The van der Waals surface area contributed by atoms with E-state index in [0.717, 1.165) is 21.4 Å². The monoisotopic (exact) mass is 406 g/mol. The Kier molecular flexibility index (Phi) is 5.48. The van der Waals surface area contributed by atoms with Gasteiger partial charge in [-0.05, 0) is 41.7 Å². The maximum Gasteiger partial charge on any atom is 0.365 e. The zero-order valence-electron chi connectivity index (χ0n) is 18.0. The molecule has 1 aliphatic rings. The number of rotatable bonds is 4. The largest absolute Gasteiger partial charge is 0.465 e. The molecule has 156 valence electrons. The number of esters is 1. The highest BCUT2D eigenvalue weighted by molar-refractivity contribution is 5.82. The quantitative estimate of drug-likeness (QED) is 0.535. The molecule has 2 heterocycles. The number of nitrogens with one attached hydrogen (secondary N) is 1. The van der Waals surface area contributed by atoms with Crippen LogP contribution in [0.5, 0.6) is 0 Å². The van der Waals surface area contributed by atoms with E-state index in [-0.39, 0.29) is 17.6 Å². The van der Waals surface area contributed by atoms with Crippen LogP contribution in [0.4, 0.5) is 0 Å². The van der Waals surface area contributed by atoms with E-state index in [2.05, 4.69) is 32.0 Å². The third-order valence-electron chi connectivity index (χ3n) is 6.19. The first-order valence-corrected chi connectivity index (χ1v) is 10.4. The fourth-order valence-electron chi connectivity index (χ4n) is 4.64. The summed E-state index contributed by atoms with van der Waals surface area (Å²) in [5.74, 6) is 0.150. The first-order valence-electron chi connectivity index (χ1n) is 10.4. The van der Waals surface area contributed by atoms with Gasteiger partial charge in [-0.15, -0.1) is 0 Å². The molecule has 0 amide bonds. The van der Waals surface area contributed by atoms with Crippen molar-refractivity contribution in [1.82, 2.24) is 0 Å². The predicted molar refractivity (Wildman–Crippen MR) is 116 cm³/mol. The van der Waals surface area contributed by atoms with Gasteiger partial charge in [0.05, 0.1) is 7.11 Å². The van der Waals surface area contributed by atoms with Crippen LogP contribution in [0.1, 0.15) is 47.6 Å². The number of hydrogen-bond donors (Lipinski definition) is 1. The summed E-state index contributed by atoms with van der Waals surface area (Å²) in [4.78, 5) is 25.9. The second kappa shape index (κ2) is 8.07. The lowest BCUT2D eigenvalue weighted by atomic mass is 9.92. The van der Waals surface area contributed by atoms with Gasteiger partial charge in [0.2, 0.25) is 0 Å². The van der Waals surface area contributed by atoms with E-state index in [1.807, 2.05) is 25.1 Å². The number of ether oxygens (including phenoxy) is 1. The van der Waals surface area contributed by atoms with Crippen LogP contribution in [0.2, 0.25) is 0 Å². The molecule has 5 heteroatoms. The Hall–Kier alpha value is -2.92. The highest BCUT2D eigenvalue weighted by Crippen LogP contribution is 2.27. The maximum atomic E-state index is 12.6. The summed E-state index contributed by atoms with van der Waals surface area (Å²) in [5.41, 5.74) is 5.92. The van der Waals surface area contributed by atoms with Crippen molar-refractivity contribution in [2.24, 2.45) is 0 Å². The third kappa shape index (κ3) is 3.77. The molecule has 0 aliphatic carbocycles. The van der Waals surface area contributed by atoms with Crippen LogP contribution in [0.15, 0.2) is 51.7 Å². The first kappa shape index (κ1) is 20.4. The highest BCUT2D eigenvalue weighted by atomic mass is 16.5. The molecule has 4 rings (SSSR count). The van der Waals surface area contributed by atoms with Gasteiger partial charge in [0, 0.05) is 29.0 Å². The van der Waals surface area contributed by atoms with Crippen molar-refractivity contribution in [3.05, 3.63) is 80.7 Å². The molecular formula is C25H28NO4+. The van der Waals surface area contributed by atoms with Crippen LogP contribution in [0, 0.1) is 6.92 Å². The minimum absolute atomic E-state index is 0.217. The van der Waals surface area contributed by atoms with E-state index in [1.54, 1.807) is 6.07 Å². The summed E-state index contributed by atoms with van der Waals surface area (Å²) in [5, 5.41) is 0.943. The number of aryl methyl sites for hydroxylation is 1. The summed E-state index contributed by atoms with van der Waals surface area (Å²) in [6, 6.07) is 13.6. The standard InChI is InChI=1S/C25H27NO4/c1-15(2)20-12-21-19(11-24(27)30-23(21)9-16(20)3)14-26-13-18-8-6-5-7-17(18)10-22(26)25(28)29-4/h5-9,11-12,15,22H,10,13-14H2,1-4H3/p+1/t22-/m0/s1. The molecule has 2 aromatic carbocycles. The van der Waals surface area contributed by atoms with Crippen molar-refractivity contribution in [1.29, 1.82) is 0 Å². The van der Waals surface area contributed by atoms with Crippen molar-refractivity contribution >= 4 is 16.9 Å². The van der Waals surface area contributed by atoms with Crippen molar-refractivity contribution in [2.75, 3.05) is 7.11 Å². The van der Waals surface area contributed by atoms with Crippen LogP contribution >= 0.6 is 0 Å². The Morgan fingerprint density at radius 1 is 1.20 bits per heavy atom. The van der Waals surface area contributed by atoms with Crippen LogP contribution in [0.25, 0.3) is 11.0 Å². The second-order valence-electron chi connectivity index (χ2n) is 8.51. The SMILES string of the molecule is COC(=O)[C@@H]1Cc2ccccc2C[NH+]1Cc1cc(=O)oc2cc(C)c(C(C)C)cc12. The average Bonchev–Trinajstić information content (AvgIpc) is 2.71. The molecule has 5 nitrogen and oxygen atoms in total. The third-order valence-corrected chi connectivity index (χ3v) is 6.19. The van der Waals surface area contributed by atoms with Crippen LogP contribution < -0.4 is 10.5 Å². The highest BCUT2D eigenvalue weighted by Gasteiger charge is 2.36. The Morgan fingerprint density at radius 3 is 2.63 bits per heavy atom. The van der Waals surface area contributed by atoms with Crippen LogP contribution in [-0.4, -0.2) is 19.1 Å². The molecule has 0 saturated heterocycles. The Labute approximate surface area is 176 Å². The molecule has 0 radical (unpaired) electrons. The van der Waals surface area contributed by atoms with E-state index in [9.17, 15) is 9.59 Å². The topological polar surface area (TPSA) is 61.0 Å². The maximum absolute atomic E-state index is 12.6. The van der Waals surface area contributed by atoms with Gasteiger partial charge in [-0.1, -0.05) is 38.1 Å². The Morgan fingerprint density at radius 2 is 1.93 bits per heavy atom. The number of fused-ring (bicyclic) bond motifs is 2. The summed E-state index contributed by atoms with van der Waals surface area (Å²) in [6.45, 7) is 7.62. The van der Waals surface area contributed by atoms with Crippen LogP contribution in [-0.2, 0) is 29.0 Å². The fraction of sp³-hybridized carbons (Fsp3) is 0.360. The molecule has 0 saturated carbocycles. The molecule has 1 aromatic heterocycles. The molecule has 1 aliphatic heterocycles. The Balaban J connectivity index is 1.79. The van der Waals surface area contributed by atoms with E-state index in [4.69, 9.17) is 9.15 Å². The summed E-state index contributed by atoms with van der Waals surface area (Å²) >= 11 is 0. The van der Waals surface area contributed by atoms with Crippen molar-refractivity contribution in [3.8, 4) is 0 Å². The normalized spacial score (nSPS) is 18.4. The molecule has 1 N–H and O–H groups in total. The number of benzene rings is 2. The molecule has 0 bridgehead atoms. The summed E-state index contributed by atoms with van der Waals surface area (Å²) in [7, 11) is 1.44. The predicted octanol–water partition coefficient (Wildman–Crippen LogP) is 2.91. The molecule has 1 unspecified atom stereocenters. The molecule has 2 atom stereocenters. The zero-order chi connectivity index (χ0) is 21.4. The molecule has 3 aromatic rings. The molecule has 30 heavy (non-hydrogen) atoms. The minimum Gasteiger partial charge on any atom is -0.465 e. The lowest BCUT2D eigenvalue weighted by molar-refractivity contribution is -0.945. The van der Waals surface area contributed by atoms with Gasteiger partial charge in [-0.3, -0.25) is 0 Å². The summed E-state index contributed by atoms with van der Waals surface area (Å²) < 4.78 is 10.6. The van der Waals surface area contributed by atoms with Gasteiger partial charge >= 0.3 is 11.6 Å². The van der Waals surface area contributed by atoms with Gasteiger partial charge in [0.15, 0.2) is 6.04 Å². The van der Waals surface area contributed by atoms with E-state index in [1.165, 1.54) is 23.8 Å². The van der Waals surface area contributed by atoms with Gasteiger partial charge in [-0.2, -0.15) is 0 Å². The Bertz CT molecular complexity index is 1160. The van der Waals surface area contributed by atoms with Crippen molar-refractivity contribution in [2.45, 2.75) is 52.2 Å². The lowest BCUT2D eigenvalue weighted by Gasteiger charge is -2.32. The number of carbonyl (C=O) groups is 1. The smallest absolute Gasteiger partial charge is 0.365 e. The van der Waals surface area contributed by atoms with E-state index >= 15 is 0 Å². The second-order valence-corrected chi connectivity index (χ2v) is 8.51. The number of methoxy groups -OCH3 is 1. The van der Waals surface area contributed by atoms with Crippen molar-refractivity contribution in [3.63, 3.8) is 0 Å². The van der Waals surface area contributed by atoms with Crippen molar-refractivity contribution < 1.29 is 18.8 Å². The molecular weight excluding hydrogens is 378 g/mol. The lowest BCUT2D eigenvalue weighted by Crippen LogP contribution is -3.15. The number of hydrogen-bond acceptors (Lipinski definition) is 4. The van der Waals surface area contributed by atoms with E-state index < -0.39 is 0 Å². The van der Waals surface area contributed by atoms with Gasteiger partial charge in [-0.25, -0.2) is 9.59 Å². The molecule has 0 fully saturated rings. The average molecular weight is 407 g/mol. The van der Waals surface area contributed by atoms with Gasteiger partial charge in [0.25, 0.3) is 0 Å². The van der Waals surface area contributed by atoms with E-state index in [0.29, 0.717) is 31.0 Å². The zero-order valence-corrected chi connectivity index (χ0v) is 18.0. The molecule has 0 spiro atoms. The fourth-order valence-corrected chi connectivity index (χ4v) is 4.64. The number of quaternary nitrogens is 1. The minimum atomic E-state index is -0.361.